The average Bonchev–Trinajstić information content (AvgIpc) is 2.60. The fraction of sp³-hybridized carbons (Fsp3) is 0.625. The molecule has 2 bridgehead atoms. The number of aromatic nitrogens is 1. The number of amides is 2. The molecule has 1 saturated carbocycles. The highest BCUT2D eigenvalue weighted by molar-refractivity contribution is 5.89. The Hall–Kier alpha value is -1.58. The minimum Gasteiger partial charge on any atom is -0.321 e. The second-order valence-corrected chi connectivity index (χ2v) is 7.51. The molecule has 2 aliphatic rings. The summed E-state index contributed by atoms with van der Waals surface area (Å²) in [5, 5.41) is 2.97. The van der Waals surface area contributed by atoms with Crippen LogP contribution >= 0.6 is 0 Å². The summed E-state index contributed by atoms with van der Waals surface area (Å²) in [6.45, 7) is 7.82. The molecule has 1 N–H and O–H groups in total. The summed E-state index contributed by atoms with van der Waals surface area (Å²) in [5.74, 6) is 0. The molecule has 0 radical (unpaired) electrons. The smallest absolute Gasteiger partial charge is 0.321 e. The van der Waals surface area contributed by atoms with E-state index in [1.54, 1.807) is 12.4 Å². The van der Waals surface area contributed by atoms with Gasteiger partial charge in [0.05, 0.1) is 11.9 Å². The maximum atomic E-state index is 12.5. The van der Waals surface area contributed by atoms with Gasteiger partial charge >= 0.3 is 6.03 Å². The maximum Gasteiger partial charge on any atom is 0.322 e. The molecule has 2 fully saturated rings. The third-order valence-electron chi connectivity index (χ3n) is 4.59. The number of rotatable bonds is 1. The molecular formula is C16H23N3O. The molecule has 4 nitrogen and oxygen atoms in total. The average molecular weight is 273 g/mol. The summed E-state index contributed by atoms with van der Waals surface area (Å²) in [4.78, 5) is 18.6. The summed E-state index contributed by atoms with van der Waals surface area (Å²) in [5.41, 5.74) is 1.38. The minimum atomic E-state index is 0.0180. The lowest BCUT2D eigenvalue weighted by atomic mass is 9.65. The van der Waals surface area contributed by atoms with Gasteiger partial charge < -0.3 is 10.2 Å². The van der Waals surface area contributed by atoms with Crippen LogP contribution in [0.3, 0.4) is 0 Å². The van der Waals surface area contributed by atoms with Gasteiger partial charge in [0.25, 0.3) is 0 Å². The van der Waals surface area contributed by atoms with Gasteiger partial charge in [0.2, 0.25) is 0 Å². The van der Waals surface area contributed by atoms with Crippen molar-refractivity contribution in [1.82, 2.24) is 9.88 Å². The number of nitrogens with one attached hydrogen (secondary N) is 1. The number of carbonyl (C=O) groups excluding carboxylic acids is 1. The van der Waals surface area contributed by atoms with Crippen LogP contribution in [0.1, 0.15) is 40.0 Å². The van der Waals surface area contributed by atoms with Crippen molar-refractivity contribution in [1.29, 1.82) is 0 Å². The van der Waals surface area contributed by atoms with Crippen molar-refractivity contribution in [3.63, 3.8) is 0 Å². The van der Waals surface area contributed by atoms with Crippen LogP contribution < -0.4 is 5.32 Å². The minimum absolute atomic E-state index is 0.0180. The molecule has 1 aliphatic carbocycles. The summed E-state index contributed by atoms with van der Waals surface area (Å²) in [6, 6.07) is 4.10. The van der Waals surface area contributed by atoms with Gasteiger partial charge in [0, 0.05) is 18.8 Å². The number of likely N-dealkylation sites (tertiary alicyclic amines) is 1. The van der Waals surface area contributed by atoms with Crippen LogP contribution in [-0.2, 0) is 0 Å². The first-order valence-electron chi connectivity index (χ1n) is 7.35. The number of hydrogen-bond acceptors (Lipinski definition) is 2. The summed E-state index contributed by atoms with van der Waals surface area (Å²) in [7, 11) is 0. The first-order valence-corrected chi connectivity index (χ1v) is 7.35. The highest BCUT2D eigenvalue weighted by atomic mass is 16.2. The standard InChI is InChI=1S/C16H23N3O/c1-15(2)7-13-8-16(3,10-15)11-19(13)14(20)18-12-5-4-6-17-9-12/h4-6,9,13H,7-8,10-11H2,1-3H3,(H,18,20). The molecule has 20 heavy (non-hydrogen) atoms. The molecule has 3 rings (SSSR count). The van der Waals surface area contributed by atoms with Crippen LogP contribution in [-0.4, -0.2) is 28.5 Å². The first kappa shape index (κ1) is 13.4. The third kappa shape index (κ3) is 2.51. The van der Waals surface area contributed by atoms with Crippen LogP contribution in [0.4, 0.5) is 10.5 Å². The summed E-state index contributed by atoms with van der Waals surface area (Å²) in [6.07, 6.45) is 6.83. The van der Waals surface area contributed by atoms with E-state index in [1.165, 1.54) is 6.42 Å². The molecule has 2 heterocycles. The fourth-order valence-electron chi connectivity index (χ4n) is 4.33. The van der Waals surface area contributed by atoms with Gasteiger partial charge in [-0.15, -0.1) is 0 Å². The van der Waals surface area contributed by atoms with Crippen LogP contribution in [0.25, 0.3) is 0 Å². The monoisotopic (exact) mass is 273 g/mol. The quantitative estimate of drug-likeness (QED) is 0.851. The van der Waals surface area contributed by atoms with Gasteiger partial charge in [-0.05, 0) is 42.2 Å². The van der Waals surface area contributed by atoms with Crippen molar-refractivity contribution < 1.29 is 4.79 Å². The van der Waals surface area contributed by atoms with Gasteiger partial charge in [-0.1, -0.05) is 20.8 Å². The van der Waals surface area contributed by atoms with Gasteiger partial charge in [0.1, 0.15) is 0 Å². The predicted octanol–water partition coefficient (Wildman–Crippen LogP) is 3.51. The number of anilines is 1. The summed E-state index contributed by atoms with van der Waals surface area (Å²) < 4.78 is 0. The van der Waals surface area contributed by atoms with E-state index >= 15 is 0 Å². The van der Waals surface area contributed by atoms with E-state index in [-0.39, 0.29) is 11.4 Å². The zero-order valence-electron chi connectivity index (χ0n) is 12.5. The lowest BCUT2D eigenvalue weighted by Gasteiger charge is -2.39. The number of carbonyl (C=O) groups is 1. The Labute approximate surface area is 120 Å². The van der Waals surface area contributed by atoms with Crippen molar-refractivity contribution in [2.75, 3.05) is 11.9 Å². The fourth-order valence-corrected chi connectivity index (χ4v) is 4.33. The molecule has 4 heteroatoms. The van der Waals surface area contributed by atoms with E-state index in [0.717, 1.165) is 25.1 Å². The van der Waals surface area contributed by atoms with E-state index in [1.807, 2.05) is 17.0 Å². The number of fused-ring (bicyclic) bond motifs is 2. The molecule has 1 aromatic rings. The Kier molecular flexibility index (Phi) is 3.00. The molecule has 2 unspecified atom stereocenters. The van der Waals surface area contributed by atoms with E-state index < -0.39 is 0 Å². The van der Waals surface area contributed by atoms with Crippen LogP contribution in [0, 0.1) is 10.8 Å². The molecule has 1 saturated heterocycles. The van der Waals surface area contributed by atoms with Crippen molar-refractivity contribution in [3.8, 4) is 0 Å². The van der Waals surface area contributed by atoms with Crippen LogP contribution in [0.15, 0.2) is 24.5 Å². The molecule has 1 aliphatic heterocycles. The lowest BCUT2D eigenvalue weighted by Crippen LogP contribution is -2.40. The first-order chi connectivity index (χ1) is 9.37. The summed E-state index contributed by atoms with van der Waals surface area (Å²) >= 11 is 0. The van der Waals surface area contributed by atoms with E-state index in [4.69, 9.17) is 0 Å². The Balaban J connectivity index is 1.74. The van der Waals surface area contributed by atoms with Crippen molar-refractivity contribution in [2.45, 2.75) is 46.1 Å². The highest BCUT2D eigenvalue weighted by Crippen LogP contribution is 2.52. The topological polar surface area (TPSA) is 45.2 Å². The van der Waals surface area contributed by atoms with Crippen molar-refractivity contribution in [2.24, 2.45) is 10.8 Å². The largest absolute Gasteiger partial charge is 0.322 e. The molecule has 1 aromatic heterocycles. The number of urea groups is 1. The van der Waals surface area contributed by atoms with Gasteiger partial charge in [-0.25, -0.2) is 4.79 Å². The number of nitrogens with zero attached hydrogens (tertiary/aromatic N) is 2. The molecular weight excluding hydrogens is 250 g/mol. The Bertz CT molecular complexity index is 514. The predicted molar refractivity (Wildman–Crippen MR) is 79.5 cm³/mol. The Morgan fingerprint density at radius 2 is 2.20 bits per heavy atom. The third-order valence-corrected chi connectivity index (χ3v) is 4.59. The molecule has 2 atom stereocenters. The van der Waals surface area contributed by atoms with Crippen LogP contribution in [0.2, 0.25) is 0 Å². The highest BCUT2D eigenvalue weighted by Gasteiger charge is 2.50. The number of pyridine rings is 1. The van der Waals surface area contributed by atoms with Gasteiger partial charge in [-0.3, -0.25) is 4.98 Å². The zero-order valence-corrected chi connectivity index (χ0v) is 12.5. The van der Waals surface area contributed by atoms with Gasteiger partial charge in [-0.2, -0.15) is 0 Å². The normalized spacial score (nSPS) is 31.1. The van der Waals surface area contributed by atoms with E-state index in [0.29, 0.717) is 11.5 Å². The van der Waals surface area contributed by atoms with Crippen LogP contribution in [0.5, 0.6) is 0 Å². The zero-order chi connectivity index (χ0) is 14.4. The molecule has 2 amide bonds. The van der Waals surface area contributed by atoms with Crippen molar-refractivity contribution >= 4 is 11.7 Å². The molecule has 0 spiro atoms. The van der Waals surface area contributed by atoms with Crippen molar-refractivity contribution in [3.05, 3.63) is 24.5 Å². The van der Waals surface area contributed by atoms with E-state index in [9.17, 15) is 4.79 Å². The SMILES string of the molecule is CC1(C)CC2CC(C)(CN2C(=O)Nc2cccnc2)C1. The second-order valence-electron chi connectivity index (χ2n) is 7.51. The Morgan fingerprint density at radius 1 is 1.40 bits per heavy atom. The second kappa shape index (κ2) is 4.47. The molecule has 0 aromatic carbocycles. The van der Waals surface area contributed by atoms with Gasteiger partial charge in [0.15, 0.2) is 0 Å². The number of hydrogen-bond donors (Lipinski definition) is 1. The Morgan fingerprint density at radius 3 is 2.90 bits per heavy atom. The lowest BCUT2D eigenvalue weighted by molar-refractivity contribution is 0.130. The maximum absolute atomic E-state index is 12.5. The molecule has 108 valence electrons. The van der Waals surface area contributed by atoms with E-state index in [2.05, 4.69) is 31.1 Å².